The Bertz CT molecular complexity index is 495. The highest BCUT2D eigenvalue weighted by Gasteiger charge is 2.34. The molecule has 0 saturated carbocycles. The zero-order chi connectivity index (χ0) is 15.7. The summed E-state index contributed by atoms with van der Waals surface area (Å²) in [6.07, 6.45) is -4.53. The number of amidine groups is 1. The van der Waals surface area contributed by atoms with Crippen LogP contribution in [-0.4, -0.2) is 18.9 Å². The van der Waals surface area contributed by atoms with Gasteiger partial charge in [0, 0.05) is 24.3 Å². The second kappa shape index (κ2) is 5.73. The predicted molar refractivity (Wildman–Crippen MR) is 75.2 cm³/mol. The SMILES string of the molecule is CC(C)C(C)N(C)c1ccc(C(=N)N)c(C(F)(F)F)c1. The quantitative estimate of drug-likeness (QED) is 0.658. The Labute approximate surface area is 117 Å². The number of nitrogens with one attached hydrogen (secondary N) is 1. The van der Waals surface area contributed by atoms with Crippen LogP contribution in [0.3, 0.4) is 0 Å². The minimum atomic E-state index is -4.53. The zero-order valence-electron chi connectivity index (χ0n) is 12.0. The number of benzene rings is 1. The Morgan fingerprint density at radius 1 is 1.25 bits per heavy atom. The van der Waals surface area contributed by atoms with Crippen LogP contribution in [0, 0.1) is 11.3 Å². The van der Waals surface area contributed by atoms with Gasteiger partial charge < -0.3 is 10.6 Å². The Morgan fingerprint density at radius 3 is 2.20 bits per heavy atom. The highest BCUT2D eigenvalue weighted by molar-refractivity contribution is 5.97. The van der Waals surface area contributed by atoms with Gasteiger partial charge in [-0.15, -0.1) is 0 Å². The van der Waals surface area contributed by atoms with Crippen molar-refractivity contribution in [3.05, 3.63) is 29.3 Å². The van der Waals surface area contributed by atoms with Crippen LogP contribution in [0.25, 0.3) is 0 Å². The summed E-state index contributed by atoms with van der Waals surface area (Å²) in [6, 6.07) is 3.96. The van der Waals surface area contributed by atoms with Gasteiger partial charge in [0.25, 0.3) is 0 Å². The normalized spacial score (nSPS) is 13.4. The molecule has 0 bridgehead atoms. The lowest BCUT2D eigenvalue weighted by molar-refractivity contribution is -0.137. The number of nitrogens with two attached hydrogens (primary N) is 1. The molecular formula is C14H20F3N3. The first-order chi connectivity index (χ1) is 9.05. The van der Waals surface area contributed by atoms with E-state index in [-0.39, 0.29) is 11.6 Å². The van der Waals surface area contributed by atoms with Crippen molar-refractivity contribution < 1.29 is 13.2 Å². The molecule has 1 aromatic rings. The molecule has 0 fully saturated rings. The Kier molecular flexibility index (Phi) is 4.68. The molecule has 1 unspecified atom stereocenters. The first-order valence-electron chi connectivity index (χ1n) is 6.34. The van der Waals surface area contributed by atoms with Crippen LogP contribution >= 0.6 is 0 Å². The molecule has 1 aromatic carbocycles. The lowest BCUT2D eigenvalue weighted by Crippen LogP contribution is -2.33. The average Bonchev–Trinajstić information content (AvgIpc) is 2.34. The minimum Gasteiger partial charge on any atom is -0.384 e. The van der Waals surface area contributed by atoms with Gasteiger partial charge in [-0.3, -0.25) is 5.41 Å². The van der Waals surface area contributed by atoms with E-state index in [1.54, 1.807) is 18.0 Å². The number of rotatable bonds is 4. The van der Waals surface area contributed by atoms with Crippen molar-refractivity contribution in [2.75, 3.05) is 11.9 Å². The summed E-state index contributed by atoms with van der Waals surface area (Å²) in [7, 11) is 1.76. The molecule has 112 valence electrons. The van der Waals surface area contributed by atoms with Crippen molar-refractivity contribution in [1.82, 2.24) is 0 Å². The van der Waals surface area contributed by atoms with Crippen molar-refractivity contribution in [1.29, 1.82) is 5.41 Å². The van der Waals surface area contributed by atoms with Crippen LogP contribution in [-0.2, 0) is 6.18 Å². The summed E-state index contributed by atoms with van der Waals surface area (Å²) in [5, 5.41) is 7.25. The summed E-state index contributed by atoms with van der Waals surface area (Å²) >= 11 is 0. The number of anilines is 1. The molecule has 0 aliphatic rings. The number of hydrogen-bond acceptors (Lipinski definition) is 2. The van der Waals surface area contributed by atoms with Crippen molar-refractivity contribution in [3.63, 3.8) is 0 Å². The van der Waals surface area contributed by atoms with Gasteiger partial charge in [0.1, 0.15) is 5.84 Å². The maximum absolute atomic E-state index is 13.0. The first kappa shape index (κ1) is 16.3. The monoisotopic (exact) mass is 287 g/mol. The molecule has 0 heterocycles. The number of nitrogens with zero attached hydrogens (tertiary/aromatic N) is 1. The third-order valence-electron chi connectivity index (χ3n) is 3.58. The number of hydrogen-bond donors (Lipinski definition) is 2. The third-order valence-corrected chi connectivity index (χ3v) is 3.58. The number of nitrogen functional groups attached to an aromatic ring is 1. The Morgan fingerprint density at radius 2 is 1.80 bits per heavy atom. The van der Waals surface area contributed by atoms with Gasteiger partial charge in [-0.2, -0.15) is 13.2 Å². The summed E-state index contributed by atoms with van der Waals surface area (Å²) in [6.45, 7) is 5.97. The summed E-state index contributed by atoms with van der Waals surface area (Å²) < 4.78 is 39.1. The molecule has 0 radical (unpaired) electrons. The van der Waals surface area contributed by atoms with Gasteiger partial charge in [0.15, 0.2) is 0 Å². The molecule has 1 atom stereocenters. The summed E-state index contributed by atoms with van der Waals surface area (Å²) in [5.74, 6) is -0.273. The molecule has 0 aliphatic carbocycles. The summed E-state index contributed by atoms with van der Waals surface area (Å²) in [5.41, 5.74) is 4.52. The van der Waals surface area contributed by atoms with E-state index in [4.69, 9.17) is 11.1 Å². The maximum atomic E-state index is 13.0. The van der Waals surface area contributed by atoms with Gasteiger partial charge >= 0.3 is 6.18 Å². The van der Waals surface area contributed by atoms with E-state index in [0.29, 0.717) is 11.6 Å². The molecular weight excluding hydrogens is 267 g/mol. The standard InChI is InChI=1S/C14H20F3N3/c1-8(2)9(3)20(4)10-5-6-11(13(18)19)12(7-10)14(15,16)17/h5-9H,1-4H3,(H3,18,19). The topological polar surface area (TPSA) is 53.1 Å². The highest BCUT2D eigenvalue weighted by Crippen LogP contribution is 2.35. The van der Waals surface area contributed by atoms with E-state index in [1.807, 2.05) is 20.8 Å². The predicted octanol–water partition coefficient (Wildman–Crippen LogP) is 3.47. The van der Waals surface area contributed by atoms with E-state index < -0.39 is 17.6 Å². The molecule has 0 amide bonds. The fourth-order valence-electron chi connectivity index (χ4n) is 1.90. The smallest absolute Gasteiger partial charge is 0.384 e. The maximum Gasteiger partial charge on any atom is 0.417 e. The van der Waals surface area contributed by atoms with Crippen LogP contribution in [0.1, 0.15) is 31.9 Å². The van der Waals surface area contributed by atoms with Crippen LogP contribution in [0.2, 0.25) is 0 Å². The molecule has 0 aliphatic heterocycles. The lowest BCUT2D eigenvalue weighted by atomic mass is 10.0. The summed E-state index contributed by atoms with van der Waals surface area (Å²) in [4.78, 5) is 1.80. The Balaban J connectivity index is 3.30. The first-order valence-corrected chi connectivity index (χ1v) is 6.34. The molecule has 6 heteroatoms. The molecule has 0 spiro atoms. The second-order valence-electron chi connectivity index (χ2n) is 5.24. The molecule has 0 saturated heterocycles. The van der Waals surface area contributed by atoms with Gasteiger partial charge in [0.2, 0.25) is 0 Å². The van der Waals surface area contributed by atoms with E-state index >= 15 is 0 Å². The zero-order valence-corrected chi connectivity index (χ0v) is 12.0. The van der Waals surface area contributed by atoms with E-state index in [0.717, 1.165) is 6.07 Å². The van der Waals surface area contributed by atoms with Gasteiger partial charge in [-0.05, 0) is 31.0 Å². The Hall–Kier alpha value is -1.72. The van der Waals surface area contributed by atoms with E-state index in [9.17, 15) is 13.2 Å². The third kappa shape index (κ3) is 3.43. The van der Waals surface area contributed by atoms with Crippen LogP contribution in [0.5, 0.6) is 0 Å². The lowest BCUT2D eigenvalue weighted by Gasteiger charge is -2.30. The number of halogens is 3. The van der Waals surface area contributed by atoms with E-state index in [1.165, 1.54) is 6.07 Å². The van der Waals surface area contributed by atoms with Gasteiger partial charge in [-0.1, -0.05) is 13.8 Å². The largest absolute Gasteiger partial charge is 0.417 e. The van der Waals surface area contributed by atoms with Crippen molar-refractivity contribution in [2.45, 2.75) is 33.0 Å². The van der Waals surface area contributed by atoms with Crippen molar-refractivity contribution in [3.8, 4) is 0 Å². The van der Waals surface area contributed by atoms with Crippen LogP contribution in [0.15, 0.2) is 18.2 Å². The van der Waals surface area contributed by atoms with Crippen molar-refractivity contribution >= 4 is 11.5 Å². The number of alkyl halides is 3. The van der Waals surface area contributed by atoms with Crippen molar-refractivity contribution in [2.24, 2.45) is 11.7 Å². The minimum absolute atomic E-state index is 0.0965. The fraction of sp³-hybridized carbons (Fsp3) is 0.500. The van der Waals surface area contributed by atoms with Gasteiger partial charge in [-0.25, -0.2) is 0 Å². The van der Waals surface area contributed by atoms with Crippen LogP contribution in [0.4, 0.5) is 18.9 Å². The van der Waals surface area contributed by atoms with Crippen LogP contribution < -0.4 is 10.6 Å². The molecule has 3 N–H and O–H groups in total. The molecule has 3 nitrogen and oxygen atoms in total. The highest BCUT2D eigenvalue weighted by atomic mass is 19.4. The average molecular weight is 287 g/mol. The molecule has 1 rings (SSSR count). The van der Waals surface area contributed by atoms with E-state index in [2.05, 4.69) is 0 Å². The molecule has 0 aromatic heterocycles. The second-order valence-corrected chi connectivity index (χ2v) is 5.24. The fourth-order valence-corrected chi connectivity index (χ4v) is 1.90. The van der Waals surface area contributed by atoms with Gasteiger partial charge in [0.05, 0.1) is 5.56 Å². The molecule has 20 heavy (non-hydrogen) atoms.